The lowest BCUT2D eigenvalue weighted by atomic mass is 10.1. The van der Waals surface area contributed by atoms with E-state index in [1.54, 1.807) is 24.7 Å². The fourth-order valence-corrected chi connectivity index (χ4v) is 3.61. The quantitative estimate of drug-likeness (QED) is 0.485. The molecule has 0 saturated heterocycles. The summed E-state index contributed by atoms with van der Waals surface area (Å²) in [6, 6.07) is 14.8. The van der Waals surface area contributed by atoms with E-state index < -0.39 is 0 Å². The van der Waals surface area contributed by atoms with Crippen LogP contribution in [-0.2, 0) is 12.8 Å². The summed E-state index contributed by atoms with van der Waals surface area (Å²) in [4.78, 5) is 17.9. The third-order valence-corrected chi connectivity index (χ3v) is 5.11. The molecule has 0 aliphatic heterocycles. The number of aromatic nitrogens is 6. The standard InChI is InChI=1S/C19H17N7O2S/c1-12-20-17(28-23-12)11-29-16-9-4-3-8-15(16)19(27)21-14-7-5-6-13(10-14)18-22-24-25-26(18)2/h3-10H,11H2,1-2H3,(H,21,27). The first kappa shape index (κ1) is 18.8. The molecule has 0 unspecified atom stereocenters. The van der Waals surface area contributed by atoms with Crippen LogP contribution in [-0.4, -0.2) is 36.3 Å². The van der Waals surface area contributed by atoms with Gasteiger partial charge in [0.05, 0.1) is 11.3 Å². The molecular weight excluding hydrogens is 390 g/mol. The largest absolute Gasteiger partial charge is 0.338 e. The number of carbonyl (C=O) groups is 1. The monoisotopic (exact) mass is 407 g/mol. The fourth-order valence-electron chi connectivity index (χ4n) is 2.73. The van der Waals surface area contributed by atoms with Crippen molar-refractivity contribution in [2.24, 2.45) is 7.05 Å². The summed E-state index contributed by atoms with van der Waals surface area (Å²) in [7, 11) is 1.76. The van der Waals surface area contributed by atoms with Crippen molar-refractivity contribution in [3.8, 4) is 11.4 Å². The number of hydrogen-bond donors (Lipinski definition) is 1. The molecule has 2 aromatic heterocycles. The van der Waals surface area contributed by atoms with E-state index in [2.05, 4.69) is 31.0 Å². The summed E-state index contributed by atoms with van der Waals surface area (Å²) in [5.74, 6) is 2.01. The molecule has 1 N–H and O–H groups in total. The lowest BCUT2D eigenvalue weighted by Gasteiger charge is -2.10. The lowest BCUT2D eigenvalue weighted by molar-refractivity contribution is 0.102. The van der Waals surface area contributed by atoms with E-state index in [9.17, 15) is 4.79 Å². The zero-order valence-electron chi connectivity index (χ0n) is 15.7. The molecule has 10 heteroatoms. The number of hydrogen-bond acceptors (Lipinski definition) is 8. The molecule has 146 valence electrons. The SMILES string of the molecule is Cc1noc(CSc2ccccc2C(=O)Nc2cccc(-c3nnnn3C)c2)n1. The third-order valence-electron chi connectivity index (χ3n) is 4.05. The van der Waals surface area contributed by atoms with Crippen molar-refractivity contribution in [1.82, 2.24) is 30.3 Å². The third kappa shape index (κ3) is 4.32. The Morgan fingerprint density at radius 3 is 2.83 bits per heavy atom. The highest BCUT2D eigenvalue weighted by Gasteiger charge is 2.14. The zero-order chi connectivity index (χ0) is 20.2. The molecule has 0 fully saturated rings. The number of nitrogens with one attached hydrogen (secondary N) is 1. The average molecular weight is 407 g/mol. The Morgan fingerprint density at radius 1 is 1.21 bits per heavy atom. The molecule has 4 rings (SSSR count). The molecular formula is C19H17N7O2S. The molecule has 0 atom stereocenters. The van der Waals surface area contributed by atoms with Crippen LogP contribution < -0.4 is 5.32 Å². The van der Waals surface area contributed by atoms with Gasteiger partial charge in [0.15, 0.2) is 11.6 Å². The van der Waals surface area contributed by atoms with Crippen LogP contribution in [0.4, 0.5) is 5.69 Å². The topological polar surface area (TPSA) is 112 Å². The minimum Gasteiger partial charge on any atom is -0.338 e. The molecule has 0 bridgehead atoms. The van der Waals surface area contributed by atoms with E-state index in [0.717, 1.165) is 10.5 Å². The summed E-state index contributed by atoms with van der Waals surface area (Å²) in [6.07, 6.45) is 0. The van der Waals surface area contributed by atoms with Gasteiger partial charge in [-0.2, -0.15) is 4.98 Å². The lowest BCUT2D eigenvalue weighted by Crippen LogP contribution is -2.13. The number of amides is 1. The van der Waals surface area contributed by atoms with Crippen LogP contribution in [0.1, 0.15) is 22.1 Å². The zero-order valence-corrected chi connectivity index (χ0v) is 16.6. The Hall–Kier alpha value is -3.53. The van der Waals surface area contributed by atoms with Gasteiger partial charge in [-0.25, -0.2) is 4.68 Å². The van der Waals surface area contributed by atoms with Gasteiger partial charge in [-0.05, 0) is 41.6 Å². The van der Waals surface area contributed by atoms with Gasteiger partial charge < -0.3 is 9.84 Å². The molecule has 9 nitrogen and oxygen atoms in total. The van der Waals surface area contributed by atoms with Crippen LogP contribution in [0.2, 0.25) is 0 Å². The van der Waals surface area contributed by atoms with E-state index in [1.807, 2.05) is 42.5 Å². The van der Waals surface area contributed by atoms with Crippen molar-refractivity contribution >= 4 is 23.4 Å². The van der Waals surface area contributed by atoms with Crippen molar-refractivity contribution in [1.29, 1.82) is 0 Å². The molecule has 2 heterocycles. The number of aryl methyl sites for hydroxylation is 2. The molecule has 2 aromatic carbocycles. The second-order valence-corrected chi connectivity index (χ2v) is 7.20. The first-order valence-corrected chi connectivity index (χ1v) is 9.74. The number of carbonyl (C=O) groups excluding carboxylic acids is 1. The maximum absolute atomic E-state index is 12.9. The second-order valence-electron chi connectivity index (χ2n) is 6.18. The van der Waals surface area contributed by atoms with Gasteiger partial charge in [0.25, 0.3) is 5.91 Å². The van der Waals surface area contributed by atoms with Gasteiger partial charge in [0.1, 0.15) is 0 Å². The summed E-state index contributed by atoms with van der Waals surface area (Å²) in [6.45, 7) is 1.77. The Labute approximate surface area is 170 Å². The van der Waals surface area contributed by atoms with E-state index in [4.69, 9.17) is 4.52 Å². The smallest absolute Gasteiger partial charge is 0.256 e. The van der Waals surface area contributed by atoms with Gasteiger partial charge in [-0.3, -0.25) is 4.79 Å². The molecule has 0 saturated carbocycles. The molecule has 0 spiro atoms. The van der Waals surface area contributed by atoms with Crippen molar-refractivity contribution in [2.75, 3.05) is 5.32 Å². The number of anilines is 1. The van der Waals surface area contributed by atoms with Gasteiger partial charge in [-0.15, -0.1) is 16.9 Å². The highest BCUT2D eigenvalue weighted by atomic mass is 32.2. The van der Waals surface area contributed by atoms with E-state index in [0.29, 0.717) is 34.5 Å². The van der Waals surface area contributed by atoms with Gasteiger partial charge >= 0.3 is 0 Å². The van der Waals surface area contributed by atoms with Crippen molar-refractivity contribution in [3.63, 3.8) is 0 Å². The van der Waals surface area contributed by atoms with Crippen molar-refractivity contribution < 1.29 is 9.32 Å². The highest BCUT2D eigenvalue weighted by Crippen LogP contribution is 2.27. The highest BCUT2D eigenvalue weighted by molar-refractivity contribution is 7.98. The van der Waals surface area contributed by atoms with E-state index >= 15 is 0 Å². The van der Waals surface area contributed by atoms with E-state index in [1.165, 1.54) is 11.8 Å². The first-order valence-electron chi connectivity index (χ1n) is 8.75. The molecule has 0 aliphatic rings. The molecule has 0 aliphatic carbocycles. The molecule has 0 radical (unpaired) electrons. The maximum atomic E-state index is 12.9. The first-order chi connectivity index (χ1) is 14.1. The molecule has 29 heavy (non-hydrogen) atoms. The minimum atomic E-state index is -0.206. The van der Waals surface area contributed by atoms with Gasteiger partial charge in [-0.1, -0.05) is 29.4 Å². The Kier molecular flexibility index (Phi) is 5.34. The molecule has 1 amide bonds. The number of thioether (sulfide) groups is 1. The van der Waals surface area contributed by atoms with Crippen LogP contribution in [0.25, 0.3) is 11.4 Å². The van der Waals surface area contributed by atoms with Crippen molar-refractivity contribution in [2.45, 2.75) is 17.6 Å². The Balaban J connectivity index is 1.51. The predicted octanol–water partition coefficient (Wildman–Crippen LogP) is 3.11. The Bertz CT molecular complexity index is 1150. The second kappa shape index (κ2) is 8.23. The fraction of sp³-hybridized carbons (Fsp3) is 0.158. The number of tetrazole rings is 1. The van der Waals surface area contributed by atoms with Crippen molar-refractivity contribution in [3.05, 3.63) is 65.8 Å². The average Bonchev–Trinajstić information content (AvgIpc) is 3.34. The van der Waals surface area contributed by atoms with E-state index in [-0.39, 0.29) is 5.91 Å². The number of rotatable bonds is 6. The maximum Gasteiger partial charge on any atom is 0.256 e. The summed E-state index contributed by atoms with van der Waals surface area (Å²) in [5, 5.41) is 18.2. The summed E-state index contributed by atoms with van der Waals surface area (Å²) >= 11 is 1.47. The molecule has 4 aromatic rings. The predicted molar refractivity (Wildman–Crippen MR) is 107 cm³/mol. The summed E-state index contributed by atoms with van der Waals surface area (Å²) in [5.41, 5.74) is 2.03. The van der Waals surface area contributed by atoms with Gasteiger partial charge in [0.2, 0.25) is 5.89 Å². The van der Waals surface area contributed by atoms with Crippen LogP contribution in [0, 0.1) is 6.92 Å². The summed E-state index contributed by atoms with van der Waals surface area (Å²) < 4.78 is 6.72. The van der Waals surface area contributed by atoms with Crippen LogP contribution in [0.3, 0.4) is 0 Å². The number of benzene rings is 2. The van der Waals surface area contributed by atoms with Crippen LogP contribution in [0.15, 0.2) is 57.9 Å². The van der Waals surface area contributed by atoms with Crippen LogP contribution in [0.5, 0.6) is 0 Å². The van der Waals surface area contributed by atoms with Crippen LogP contribution >= 0.6 is 11.8 Å². The van der Waals surface area contributed by atoms with Gasteiger partial charge in [0, 0.05) is 23.2 Å². The minimum absolute atomic E-state index is 0.206. The normalized spacial score (nSPS) is 10.8. The number of nitrogens with zero attached hydrogens (tertiary/aromatic N) is 6. The Morgan fingerprint density at radius 2 is 2.07 bits per heavy atom.